The number of carbonyl (C=O) groups excluding carboxylic acids is 1. The van der Waals surface area contributed by atoms with Crippen LogP contribution >= 0.6 is 0 Å². The fourth-order valence-electron chi connectivity index (χ4n) is 2.43. The summed E-state index contributed by atoms with van der Waals surface area (Å²) in [5.41, 5.74) is -0.0514. The van der Waals surface area contributed by atoms with Gasteiger partial charge in [-0.15, -0.1) is 0 Å². The number of pyridine rings is 1. The molecule has 0 aliphatic carbocycles. The van der Waals surface area contributed by atoms with Crippen molar-refractivity contribution in [2.24, 2.45) is 0 Å². The van der Waals surface area contributed by atoms with Gasteiger partial charge < -0.3 is 20.3 Å². The van der Waals surface area contributed by atoms with E-state index in [0.717, 1.165) is 0 Å². The summed E-state index contributed by atoms with van der Waals surface area (Å²) in [6.07, 6.45) is 0. The van der Waals surface area contributed by atoms with E-state index in [1.54, 1.807) is 30.3 Å². The highest BCUT2D eigenvalue weighted by atomic mass is 16.5. The molecule has 26 heavy (non-hydrogen) atoms. The molecule has 1 heterocycles. The van der Waals surface area contributed by atoms with E-state index in [4.69, 9.17) is 11.2 Å². The maximum atomic E-state index is 12.1. The van der Waals surface area contributed by atoms with Crippen molar-refractivity contribution in [3.05, 3.63) is 59.9 Å². The quantitative estimate of drug-likeness (QED) is 0.651. The van der Waals surface area contributed by atoms with Crippen LogP contribution in [0.4, 0.5) is 0 Å². The molecular formula is C19H16N2O5. The number of para-hydroxylation sites is 1. The monoisotopic (exact) mass is 353 g/mol. The maximum Gasteiger partial charge on any atom is 0.322 e. The van der Waals surface area contributed by atoms with Gasteiger partial charge in [-0.3, -0.25) is 9.59 Å². The third-order valence-electron chi connectivity index (χ3n) is 3.62. The van der Waals surface area contributed by atoms with Crippen molar-refractivity contribution in [2.45, 2.75) is 6.90 Å². The molecule has 2 aromatic carbocycles. The second-order valence-electron chi connectivity index (χ2n) is 5.45. The number of carboxylic acid groups (broad SMARTS) is 1. The zero-order valence-corrected chi connectivity index (χ0v) is 13.6. The first-order valence-corrected chi connectivity index (χ1v) is 7.67. The van der Waals surface area contributed by atoms with Crippen LogP contribution in [-0.4, -0.2) is 33.6 Å². The summed E-state index contributed by atoms with van der Waals surface area (Å²) in [5.74, 6) is -1.29. The van der Waals surface area contributed by atoms with Gasteiger partial charge in [0.1, 0.15) is 18.0 Å². The molecule has 0 fully saturated rings. The van der Waals surface area contributed by atoms with Gasteiger partial charge in [0.05, 0.1) is 0 Å². The Morgan fingerprint density at radius 3 is 2.62 bits per heavy atom. The molecule has 0 aliphatic rings. The molecule has 0 bridgehead atoms. The Morgan fingerprint density at radius 2 is 1.92 bits per heavy atom. The number of aromatic hydroxyl groups is 1. The van der Waals surface area contributed by atoms with Crippen molar-refractivity contribution in [1.82, 2.24) is 10.3 Å². The standard InChI is InChI=1S/C19H16N2O5/c1-11-15-9-13(26-12-5-3-2-4-6-12)7-8-14(15)18(24)17(21-11)19(25)20-10-16(22)23/h2-9,24H,10H2,1H3,(H,20,25)(H,22,23)/i1D. The van der Waals surface area contributed by atoms with Crippen molar-refractivity contribution in [1.29, 1.82) is 0 Å². The van der Waals surface area contributed by atoms with Crippen LogP contribution in [0.2, 0.25) is 0 Å². The number of benzene rings is 2. The average Bonchev–Trinajstić information content (AvgIpc) is 2.67. The predicted molar refractivity (Wildman–Crippen MR) is 94.6 cm³/mol. The Morgan fingerprint density at radius 1 is 1.15 bits per heavy atom. The van der Waals surface area contributed by atoms with Gasteiger partial charge in [-0.1, -0.05) is 18.2 Å². The van der Waals surface area contributed by atoms with Gasteiger partial charge in [-0.2, -0.15) is 0 Å². The average molecular weight is 353 g/mol. The molecule has 7 heteroatoms. The first-order chi connectivity index (χ1) is 13.0. The number of amides is 1. The zero-order chi connectivity index (χ0) is 19.4. The van der Waals surface area contributed by atoms with Crippen molar-refractivity contribution in [3.8, 4) is 17.2 Å². The van der Waals surface area contributed by atoms with Gasteiger partial charge in [0.25, 0.3) is 5.91 Å². The largest absolute Gasteiger partial charge is 0.505 e. The Labute approximate surface area is 150 Å². The molecule has 0 radical (unpaired) electrons. The second-order valence-corrected chi connectivity index (χ2v) is 5.45. The summed E-state index contributed by atoms with van der Waals surface area (Å²) < 4.78 is 13.4. The first kappa shape index (κ1) is 15.9. The molecule has 7 nitrogen and oxygen atoms in total. The van der Waals surface area contributed by atoms with E-state index in [9.17, 15) is 14.7 Å². The number of ether oxygens (including phenoxy) is 1. The van der Waals surface area contributed by atoms with Gasteiger partial charge in [0, 0.05) is 17.8 Å². The minimum absolute atomic E-state index is 0.231. The van der Waals surface area contributed by atoms with E-state index in [0.29, 0.717) is 22.3 Å². The highest BCUT2D eigenvalue weighted by molar-refractivity contribution is 6.03. The minimum Gasteiger partial charge on any atom is -0.505 e. The van der Waals surface area contributed by atoms with Crippen molar-refractivity contribution < 1.29 is 25.9 Å². The summed E-state index contributed by atoms with van der Waals surface area (Å²) in [6, 6.07) is 14.0. The number of aryl methyl sites for hydroxylation is 1. The number of hydrogen-bond donors (Lipinski definition) is 3. The highest BCUT2D eigenvalue weighted by Gasteiger charge is 2.18. The molecule has 1 aromatic heterocycles. The molecule has 3 N–H and O–H groups in total. The van der Waals surface area contributed by atoms with Crippen LogP contribution in [0.5, 0.6) is 17.2 Å². The number of hydrogen-bond acceptors (Lipinski definition) is 5. The molecule has 3 rings (SSSR count). The fraction of sp³-hybridized carbons (Fsp3) is 0.105. The summed E-state index contributed by atoms with van der Waals surface area (Å²) in [5, 5.41) is 22.0. The Hall–Kier alpha value is -3.61. The SMILES string of the molecule is [2H]Cc1nc(C(=O)NCC(=O)O)c(O)c2ccc(Oc3ccccc3)cc12. The zero-order valence-electron chi connectivity index (χ0n) is 14.6. The lowest BCUT2D eigenvalue weighted by atomic mass is 10.1. The van der Waals surface area contributed by atoms with Gasteiger partial charge >= 0.3 is 5.97 Å². The van der Waals surface area contributed by atoms with Crippen LogP contribution in [0.1, 0.15) is 17.6 Å². The maximum absolute atomic E-state index is 12.1. The summed E-state index contributed by atoms with van der Waals surface area (Å²) >= 11 is 0. The van der Waals surface area contributed by atoms with Crippen LogP contribution in [-0.2, 0) is 4.79 Å². The number of nitrogens with one attached hydrogen (secondary N) is 1. The van der Waals surface area contributed by atoms with E-state index in [-0.39, 0.29) is 24.0 Å². The molecule has 1 amide bonds. The lowest BCUT2D eigenvalue weighted by Crippen LogP contribution is -2.30. The number of carbonyl (C=O) groups is 2. The Bertz CT molecular complexity index is 1010. The van der Waals surface area contributed by atoms with Crippen molar-refractivity contribution in [2.75, 3.05) is 6.54 Å². The van der Waals surface area contributed by atoms with E-state index < -0.39 is 18.4 Å². The smallest absolute Gasteiger partial charge is 0.322 e. The first-order valence-electron chi connectivity index (χ1n) is 8.38. The number of rotatable bonds is 5. The number of nitrogens with zero attached hydrogens (tertiary/aromatic N) is 1. The lowest BCUT2D eigenvalue weighted by Gasteiger charge is -2.12. The topological polar surface area (TPSA) is 109 Å². The van der Waals surface area contributed by atoms with Crippen molar-refractivity contribution in [3.63, 3.8) is 0 Å². The number of aliphatic carboxylic acids is 1. The normalized spacial score (nSPS) is 11.0. The molecule has 0 saturated heterocycles. The molecule has 0 spiro atoms. The lowest BCUT2D eigenvalue weighted by molar-refractivity contribution is -0.135. The second kappa shape index (κ2) is 7.10. The molecule has 0 aliphatic heterocycles. The molecule has 132 valence electrons. The van der Waals surface area contributed by atoms with Crippen LogP contribution in [0.15, 0.2) is 48.5 Å². The van der Waals surface area contributed by atoms with Gasteiger partial charge in [0.2, 0.25) is 0 Å². The molecule has 0 saturated carbocycles. The summed E-state index contributed by atoms with van der Waals surface area (Å²) in [7, 11) is 0. The van der Waals surface area contributed by atoms with Gasteiger partial charge in [-0.25, -0.2) is 4.98 Å². The van der Waals surface area contributed by atoms with Gasteiger partial charge in [-0.05, 0) is 37.2 Å². The fourth-order valence-corrected chi connectivity index (χ4v) is 2.43. The van der Waals surface area contributed by atoms with Gasteiger partial charge in [0.15, 0.2) is 11.4 Å². The molecular weight excluding hydrogens is 336 g/mol. The summed E-state index contributed by atoms with van der Waals surface area (Å²) in [4.78, 5) is 26.8. The molecule has 0 atom stereocenters. The van der Waals surface area contributed by atoms with Crippen LogP contribution < -0.4 is 10.1 Å². The predicted octanol–water partition coefficient (Wildman–Crippen LogP) is 2.86. The van der Waals surface area contributed by atoms with Crippen LogP contribution in [0, 0.1) is 6.90 Å². The van der Waals surface area contributed by atoms with E-state index >= 15 is 0 Å². The minimum atomic E-state index is -1.22. The molecule has 0 unspecified atom stereocenters. The Kier molecular flexibility index (Phi) is 4.34. The third kappa shape index (κ3) is 3.56. The van der Waals surface area contributed by atoms with E-state index in [1.165, 1.54) is 0 Å². The number of fused-ring (bicyclic) bond motifs is 1. The number of carboxylic acids is 1. The van der Waals surface area contributed by atoms with Crippen LogP contribution in [0.25, 0.3) is 10.8 Å². The Balaban J connectivity index is 2.01. The highest BCUT2D eigenvalue weighted by Crippen LogP contribution is 2.33. The van der Waals surface area contributed by atoms with Crippen molar-refractivity contribution >= 4 is 22.6 Å². The summed E-state index contributed by atoms with van der Waals surface area (Å²) in [6.45, 7) is -0.831. The molecule has 3 aromatic rings. The van der Waals surface area contributed by atoms with E-state index in [1.807, 2.05) is 18.2 Å². The third-order valence-corrected chi connectivity index (χ3v) is 3.62. The van der Waals surface area contributed by atoms with E-state index in [2.05, 4.69) is 10.3 Å². The van der Waals surface area contributed by atoms with Crippen LogP contribution in [0.3, 0.4) is 0 Å². The number of aromatic nitrogens is 1.